The SMILES string of the molecule is Fc1cccc(F)c1Oc1c(F)cccc1F. The van der Waals surface area contributed by atoms with Crippen molar-refractivity contribution >= 4 is 0 Å². The van der Waals surface area contributed by atoms with E-state index in [9.17, 15) is 17.6 Å². The van der Waals surface area contributed by atoms with Gasteiger partial charge in [0.25, 0.3) is 0 Å². The van der Waals surface area contributed by atoms with Crippen LogP contribution in [0, 0.1) is 23.3 Å². The molecule has 0 saturated carbocycles. The second-order valence-corrected chi connectivity index (χ2v) is 3.20. The molecule has 0 heterocycles. The Morgan fingerprint density at radius 1 is 0.588 bits per heavy atom. The van der Waals surface area contributed by atoms with Crippen LogP contribution in [0.4, 0.5) is 17.6 Å². The first-order chi connectivity index (χ1) is 8.09. The van der Waals surface area contributed by atoms with E-state index in [1.54, 1.807) is 0 Å². The molecule has 0 saturated heterocycles. The third kappa shape index (κ3) is 2.22. The number of ether oxygens (including phenoxy) is 1. The Morgan fingerprint density at radius 3 is 1.18 bits per heavy atom. The van der Waals surface area contributed by atoms with Gasteiger partial charge in [0.1, 0.15) is 0 Å². The Hall–Kier alpha value is -2.04. The minimum absolute atomic E-state index is 0.837. The number of halogens is 4. The van der Waals surface area contributed by atoms with Gasteiger partial charge in [-0.1, -0.05) is 12.1 Å². The van der Waals surface area contributed by atoms with Gasteiger partial charge in [0, 0.05) is 0 Å². The van der Waals surface area contributed by atoms with Gasteiger partial charge in [0.05, 0.1) is 0 Å². The molecule has 0 atom stereocenters. The molecule has 2 rings (SSSR count). The highest BCUT2D eigenvalue weighted by molar-refractivity contribution is 5.34. The van der Waals surface area contributed by atoms with Crippen LogP contribution in [0.25, 0.3) is 0 Å². The number of benzene rings is 2. The highest BCUT2D eigenvalue weighted by Crippen LogP contribution is 2.30. The van der Waals surface area contributed by atoms with E-state index in [4.69, 9.17) is 0 Å². The number of para-hydroxylation sites is 2. The summed E-state index contributed by atoms with van der Waals surface area (Å²) in [5.41, 5.74) is 0. The molecule has 17 heavy (non-hydrogen) atoms. The molecular formula is C12H6F4O. The van der Waals surface area contributed by atoms with E-state index in [1.807, 2.05) is 0 Å². The van der Waals surface area contributed by atoms with Crippen LogP contribution < -0.4 is 4.74 Å². The van der Waals surface area contributed by atoms with Crippen molar-refractivity contribution in [3.63, 3.8) is 0 Å². The second-order valence-electron chi connectivity index (χ2n) is 3.20. The van der Waals surface area contributed by atoms with Crippen molar-refractivity contribution in [2.24, 2.45) is 0 Å². The van der Waals surface area contributed by atoms with Crippen LogP contribution in [-0.2, 0) is 0 Å². The largest absolute Gasteiger partial charge is 0.445 e. The Balaban J connectivity index is 2.45. The number of hydrogen-bond donors (Lipinski definition) is 0. The Bertz CT molecular complexity index is 464. The molecular weight excluding hydrogens is 236 g/mol. The lowest BCUT2D eigenvalue weighted by molar-refractivity contribution is 0.366. The molecule has 0 aliphatic heterocycles. The van der Waals surface area contributed by atoms with Crippen LogP contribution in [0.5, 0.6) is 11.5 Å². The van der Waals surface area contributed by atoms with E-state index in [-0.39, 0.29) is 0 Å². The zero-order chi connectivity index (χ0) is 12.4. The fraction of sp³-hybridized carbons (Fsp3) is 0. The topological polar surface area (TPSA) is 9.23 Å². The summed E-state index contributed by atoms with van der Waals surface area (Å²) in [5, 5.41) is 0. The summed E-state index contributed by atoms with van der Waals surface area (Å²) in [6, 6.07) is 5.95. The first-order valence-electron chi connectivity index (χ1n) is 4.65. The van der Waals surface area contributed by atoms with Gasteiger partial charge < -0.3 is 4.74 Å². The van der Waals surface area contributed by atoms with Crippen molar-refractivity contribution in [3.8, 4) is 11.5 Å². The maximum atomic E-state index is 13.2. The summed E-state index contributed by atoms with van der Waals surface area (Å²) in [5.74, 6) is -5.81. The molecule has 0 radical (unpaired) electrons. The predicted octanol–water partition coefficient (Wildman–Crippen LogP) is 4.04. The van der Waals surface area contributed by atoms with Gasteiger partial charge in [-0.25, -0.2) is 17.6 Å². The van der Waals surface area contributed by atoms with Crippen LogP contribution in [0.15, 0.2) is 36.4 Å². The molecule has 0 amide bonds. The van der Waals surface area contributed by atoms with E-state index in [0.717, 1.165) is 36.4 Å². The molecule has 0 aliphatic carbocycles. The normalized spacial score (nSPS) is 10.4. The van der Waals surface area contributed by atoms with Crippen LogP contribution in [0.2, 0.25) is 0 Å². The highest BCUT2D eigenvalue weighted by atomic mass is 19.1. The third-order valence-electron chi connectivity index (χ3n) is 2.04. The molecule has 0 aromatic heterocycles. The van der Waals surface area contributed by atoms with Gasteiger partial charge in [0.2, 0.25) is 0 Å². The standard InChI is InChI=1S/C12H6F4O/c13-7-3-1-4-8(14)11(7)17-12-9(15)5-2-6-10(12)16/h1-6H. The molecule has 0 unspecified atom stereocenters. The maximum Gasteiger partial charge on any atom is 0.198 e. The minimum Gasteiger partial charge on any atom is -0.445 e. The van der Waals surface area contributed by atoms with E-state index in [1.165, 1.54) is 0 Å². The van der Waals surface area contributed by atoms with Crippen molar-refractivity contribution in [3.05, 3.63) is 59.7 Å². The van der Waals surface area contributed by atoms with Gasteiger partial charge in [-0.2, -0.15) is 0 Å². The molecule has 1 nitrogen and oxygen atoms in total. The van der Waals surface area contributed by atoms with Crippen molar-refractivity contribution in [2.75, 3.05) is 0 Å². The van der Waals surface area contributed by atoms with Gasteiger partial charge in [-0.3, -0.25) is 0 Å². The maximum absolute atomic E-state index is 13.2. The van der Waals surface area contributed by atoms with E-state index < -0.39 is 34.8 Å². The Kier molecular flexibility index (Phi) is 2.99. The Morgan fingerprint density at radius 2 is 0.882 bits per heavy atom. The quantitative estimate of drug-likeness (QED) is 0.722. The number of rotatable bonds is 2. The van der Waals surface area contributed by atoms with Crippen molar-refractivity contribution in [1.82, 2.24) is 0 Å². The second kappa shape index (κ2) is 4.45. The van der Waals surface area contributed by atoms with E-state index in [0.29, 0.717) is 0 Å². The zero-order valence-corrected chi connectivity index (χ0v) is 8.38. The van der Waals surface area contributed by atoms with Gasteiger partial charge >= 0.3 is 0 Å². The van der Waals surface area contributed by atoms with Crippen molar-refractivity contribution in [2.45, 2.75) is 0 Å². The zero-order valence-electron chi connectivity index (χ0n) is 8.38. The lowest BCUT2D eigenvalue weighted by atomic mass is 10.3. The molecule has 5 heteroatoms. The lowest BCUT2D eigenvalue weighted by Gasteiger charge is -2.09. The van der Waals surface area contributed by atoms with Gasteiger partial charge in [-0.15, -0.1) is 0 Å². The molecule has 2 aromatic rings. The molecule has 0 bridgehead atoms. The molecule has 0 aliphatic rings. The summed E-state index contributed by atoms with van der Waals surface area (Å²) in [6.07, 6.45) is 0. The predicted molar refractivity (Wildman–Crippen MR) is 52.8 cm³/mol. The van der Waals surface area contributed by atoms with E-state index >= 15 is 0 Å². The fourth-order valence-electron chi connectivity index (χ4n) is 1.26. The third-order valence-corrected chi connectivity index (χ3v) is 2.04. The van der Waals surface area contributed by atoms with Crippen LogP contribution in [0.3, 0.4) is 0 Å². The summed E-state index contributed by atoms with van der Waals surface area (Å²) in [4.78, 5) is 0. The molecule has 0 fully saturated rings. The smallest absolute Gasteiger partial charge is 0.198 e. The molecule has 88 valence electrons. The van der Waals surface area contributed by atoms with Crippen molar-refractivity contribution < 1.29 is 22.3 Å². The average molecular weight is 242 g/mol. The first-order valence-corrected chi connectivity index (χ1v) is 4.65. The van der Waals surface area contributed by atoms with Crippen molar-refractivity contribution in [1.29, 1.82) is 0 Å². The lowest BCUT2D eigenvalue weighted by Crippen LogP contribution is -1.96. The summed E-state index contributed by atoms with van der Waals surface area (Å²) >= 11 is 0. The van der Waals surface area contributed by atoms with Gasteiger partial charge in [-0.05, 0) is 24.3 Å². The van der Waals surface area contributed by atoms with E-state index in [2.05, 4.69) is 4.74 Å². The monoisotopic (exact) mass is 242 g/mol. The molecule has 0 spiro atoms. The molecule has 0 N–H and O–H groups in total. The fourth-order valence-corrected chi connectivity index (χ4v) is 1.26. The van der Waals surface area contributed by atoms with Crippen LogP contribution >= 0.6 is 0 Å². The summed E-state index contributed by atoms with van der Waals surface area (Å²) in [7, 11) is 0. The molecule has 2 aromatic carbocycles. The summed E-state index contributed by atoms with van der Waals surface area (Å²) < 4.78 is 57.4. The van der Waals surface area contributed by atoms with Crippen LogP contribution in [0.1, 0.15) is 0 Å². The van der Waals surface area contributed by atoms with Gasteiger partial charge in [0.15, 0.2) is 34.8 Å². The first kappa shape index (κ1) is 11.4. The highest BCUT2D eigenvalue weighted by Gasteiger charge is 2.16. The average Bonchev–Trinajstić information content (AvgIpc) is 2.27. The van der Waals surface area contributed by atoms with Crippen LogP contribution in [-0.4, -0.2) is 0 Å². The number of hydrogen-bond acceptors (Lipinski definition) is 1. The summed E-state index contributed by atoms with van der Waals surface area (Å²) in [6.45, 7) is 0. The Labute approximate surface area is 94.3 Å². The minimum atomic E-state index is -1.03.